The van der Waals surface area contributed by atoms with Crippen LogP contribution in [0.15, 0.2) is 23.2 Å². The van der Waals surface area contributed by atoms with Crippen molar-refractivity contribution >= 4 is 11.3 Å². The zero-order valence-electron chi connectivity index (χ0n) is 8.63. The van der Waals surface area contributed by atoms with E-state index in [4.69, 9.17) is 5.73 Å². The highest BCUT2D eigenvalue weighted by Gasteiger charge is 2.09. The van der Waals surface area contributed by atoms with Crippen LogP contribution >= 0.6 is 11.3 Å². The Morgan fingerprint density at radius 1 is 1.60 bits per heavy atom. The maximum atomic E-state index is 6.02. The second-order valence-electron chi connectivity index (χ2n) is 3.50. The molecule has 4 nitrogen and oxygen atoms in total. The zero-order valence-corrected chi connectivity index (χ0v) is 9.44. The number of nitrogens with two attached hydrogens (primary N) is 1. The van der Waals surface area contributed by atoms with Gasteiger partial charge in [-0.15, -0.1) is 11.3 Å². The van der Waals surface area contributed by atoms with Gasteiger partial charge in [0.05, 0.1) is 11.2 Å². The maximum Gasteiger partial charge on any atom is 0.0795 e. The van der Waals surface area contributed by atoms with E-state index in [2.05, 4.69) is 10.1 Å². The molecule has 0 fully saturated rings. The van der Waals surface area contributed by atoms with Crippen molar-refractivity contribution in [3.8, 4) is 0 Å². The van der Waals surface area contributed by atoms with E-state index in [1.165, 1.54) is 5.69 Å². The minimum absolute atomic E-state index is 0.0335. The summed E-state index contributed by atoms with van der Waals surface area (Å²) in [7, 11) is 1.95. The first-order valence-corrected chi connectivity index (χ1v) is 5.82. The minimum Gasteiger partial charge on any atom is -0.323 e. The summed E-state index contributed by atoms with van der Waals surface area (Å²) < 4.78 is 1.88. The first-order valence-electron chi connectivity index (χ1n) is 4.88. The van der Waals surface area contributed by atoms with Crippen LogP contribution in [0.4, 0.5) is 0 Å². The molecule has 0 saturated carbocycles. The molecule has 2 N–H and O–H groups in total. The Balaban J connectivity index is 1.91. The Bertz CT molecular complexity index is 407. The predicted octanol–water partition coefficient (Wildman–Crippen LogP) is 1.51. The molecule has 0 radical (unpaired) electrons. The van der Waals surface area contributed by atoms with Crippen LogP contribution in [0.5, 0.6) is 0 Å². The highest BCUT2D eigenvalue weighted by Crippen LogP contribution is 2.16. The molecule has 0 spiro atoms. The summed E-state index contributed by atoms with van der Waals surface area (Å²) in [4.78, 5) is 4.21. The number of rotatable bonds is 4. The van der Waals surface area contributed by atoms with Gasteiger partial charge >= 0.3 is 0 Å². The fourth-order valence-corrected chi connectivity index (χ4v) is 2.12. The highest BCUT2D eigenvalue weighted by molar-refractivity contribution is 7.07. The van der Waals surface area contributed by atoms with Crippen molar-refractivity contribution in [2.75, 3.05) is 0 Å². The Labute approximate surface area is 92.8 Å². The molecule has 0 aromatic carbocycles. The zero-order chi connectivity index (χ0) is 10.7. The average Bonchev–Trinajstić information content (AvgIpc) is 2.85. The van der Waals surface area contributed by atoms with Crippen molar-refractivity contribution < 1.29 is 0 Å². The number of aromatic nitrogens is 3. The van der Waals surface area contributed by atoms with E-state index < -0.39 is 0 Å². The molecule has 1 unspecified atom stereocenters. The monoisotopic (exact) mass is 222 g/mol. The molecule has 5 heteroatoms. The van der Waals surface area contributed by atoms with Crippen molar-refractivity contribution in [1.82, 2.24) is 14.8 Å². The molecule has 80 valence electrons. The molecule has 1 atom stereocenters. The molecule has 0 saturated heterocycles. The lowest BCUT2D eigenvalue weighted by molar-refractivity contribution is 0.605. The van der Waals surface area contributed by atoms with Gasteiger partial charge in [0.25, 0.3) is 0 Å². The Morgan fingerprint density at radius 2 is 2.47 bits per heavy atom. The van der Waals surface area contributed by atoms with Crippen molar-refractivity contribution in [3.63, 3.8) is 0 Å². The van der Waals surface area contributed by atoms with E-state index in [1.807, 2.05) is 34.9 Å². The summed E-state index contributed by atoms with van der Waals surface area (Å²) in [6.45, 7) is 0. The topological polar surface area (TPSA) is 56.7 Å². The average molecular weight is 222 g/mol. The van der Waals surface area contributed by atoms with Crippen LogP contribution in [0.1, 0.15) is 23.9 Å². The van der Waals surface area contributed by atoms with E-state index in [0.29, 0.717) is 0 Å². The number of hydrogen-bond donors (Lipinski definition) is 1. The summed E-state index contributed by atoms with van der Waals surface area (Å²) in [6, 6.07) is 2.06. The van der Waals surface area contributed by atoms with E-state index in [-0.39, 0.29) is 6.04 Å². The summed E-state index contributed by atoms with van der Waals surface area (Å²) in [5.74, 6) is 0. The third-order valence-corrected chi connectivity index (χ3v) is 3.07. The van der Waals surface area contributed by atoms with Crippen molar-refractivity contribution in [3.05, 3.63) is 34.5 Å². The van der Waals surface area contributed by atoms with Gasteiger partial charge in [-0.1, -0.05) is 0 Å². The number of aryl methyl sites for hydroxylation is 2. The van der Waals surface area contributed by atoms with Crippen LogP contribution in [0.25, 0.3) is 0 Å². The molecule has 0 amide bonds. The van der Waals surface area contributed by atoms with Crippen LogP contribution in [0.2, 0.25) is 0 Å². The van der Waals surface area contributed by atoms with Crippen LogP contribution in [-0.2, 0) is 13.5 Å². The second-order valence-corrected chi connectivity index (χ2v) is 4.22. The molecular weight excluding hydrogens is 208 g/mol. The van der Waals surface area contributed by atoms with E-state index in [1.54, 1.807) is 11.3 Å². The third-order valence-electron chi connectivity index (χ3n) is 2.47. The van der Waals surface area contributed by atoms with Gasteiger partial charge in [-0.25, -0.2) is 4.98 Å². The van der Waals surface area contributed by atoms with Gasteiger partial charge in [-0.3, -0.25) is 4.68 Å². The Hall–Kier alpha value is -1.20. The summed E-state index contributed by atoms with van der Waals surface area (Å²) in [5, 5.41) is 6.13. The van der Waals surface area contributed by atoms with Crippen molar-refractivity contribution in [1.29, 1.82) is 0 Å². The lowest BCUT2D eigenvalue weighted by atomic mass is 10.1. The van der Waals surface area contributed by atoms with Gasteiger partial charge in [-0.2, -0.15) is 5.10 Å². The summed E-state index contributed by atoms with van der Waals surface area (Å²) in [5.41, 5.74) is 10.0. The van der Waals surface area contributed by atoms with Crippen LogP contribution in [0, 0.1) is 0 Å². The molecule has 0 aliphatic carbocycles. The van der Waals surface area contributed by atoms with Gasteiger partial charge < -0.3 is 5.73 Å². The fraction of sp³-hybridized carbons (Fsp3) is 0.400. The van der Waals surface area contributed by atoms with Gasteiger partial charge in [0.2, 0.25) is 0 Å². The van der Waals surface area contributed by atoms with Crippen LogP contribution < -0.4 is 5.73 Å². The molecule has 15 heavy (non-hydrogen) atoms. The number of hydrogen-bond acceptors (Lipinski definition) is 4. The van der Waals surface area contributed by atoms with E-state index >= 15 is 0 Å². The Kier molecular flexibility index (Phi) is 3.13. The Morgan fingerprint density at radius 3 is 3.07 bits per heavy atom. The van der Waals surface area contributed by atoms with E-state index in [9.17, 15) is 0 Å². The second kappa shape index (κ2) is 4.55. The summed E-state index contributed by atoms with van der Waals surface area (Å²) >= 11 is 1.59. The molecular formula is C10H14N4S. The first kappa shape index (κ1) is 10.3. The molecule has 2 heterocycles. The smallest absolute Gasteiger partial charge is 0.0795 e. The summed E-state index contributed by atoms with van der Waals surface area (Å²) in [6.07, 6.45) is 3.65. The number of thiazole rings is 1. The standard InChI is InChI=1S/C10H14N4S/c1-14-8(4-5-13-14)2-3-9(11)10-6-15-7-12-10/h4-7,9H,2-3,11H2,1H3. The molecule has 0 aliphatic heterocycles. The normalized spacial score (nSPS) is 12.9. The first-order chi connectivity index (χ1) is 7.27. The quantitative estimate of drug-likeness (QED) is 0.853. The fourth-order valence-electron chi connectivity index (χ4n) is 1.50. The van der Waals surface area contributed by atoms with Crippen LogP contribution in [-0.4, -0.2) is 14.8 Å². The minimum atomic E-state index is 0.0335. The van der Waals surface area contributed by atoms with Gasteiger partial charge in [0.15, 0.2) is 0 Å². The third kappa shape index (κ3) is 2.43. The predicted molar refractivity (Wildman–Crippen MR) is 60.6 cm³/mol. The lowest BCUT2D eigenvalue weighted by Gasteiger charge is -2.08. The maximum absolute atomic E-state index is 6.02. The van der Waals surface area contributed by atoms with Crippen LogP contribution in [0.3, 0.4) is 0 Å². The van der Waals surface area contributed by atoms with Crippen molar-refractivity contribution in [2.24, 2.45) is 12.8 Å². The van der Waals surface area contributed by atoms with Gasteiger partial charge in [0.1, 0.15) is 0 Å². The molecule has 2 aromatic rings. The largest absolute Gasteiger partial charge is 0.323 e. The lowest BCUT2D eigenvalue weighted by Crippen LogP contribution is -2.12. The number of nitrogens with zero attached hydrogens (tertiary/aromatic N) is 3. The molecule has 0 aliphatic rings. The SMILES string of the molecule is Cn1nccc1CCC(N)c1cscn1. The van der Waals surface area contributed by atoms with E-state index in [0.717, 1.165) is 18.5 Å². The molecule has 2 rings (SSSR count). The molecule has 2 aromatic heterocycles. The van der Waals surface area contributed by atoms with Crippen molar-refractivity contribution in [2.45, 2.75) is 18.9 Å². The van der Waals surface area contributed by atoms with Gasteiger partial charge in [-0.05, 0) is 18.9 Å². The highest BCUT2D eigenvalue weighted by atomic mass is 32.1. The molecule has 0 bridgehead atoms. The van der Waals surface area contributed by atoms with Gasteiger partial charge in [0, 0.05) is 30.4 Å².